The highest BCUT2D eigenvalue weighted by Crippen LogP contribution is 2.20. The molecule has 0 unspecified atom stereocenters. The molecule has 5 heteroatoms. The van der Waals surface area contributed by atoms with Gasteiger partial charge in [-0.25, -0.2) is 0 Å². The maximum absolute atomic E-state index is 11.6. The average molecular weight is 386 g/mol. The highest BCUT2D eigenvalue weighted by molar-refractivity contribution is 7.81. The summed E-state index contributed by atoms with van der Waals surface area (Å²) in [4.78, 5) is 19.6. The molecule has 0 aliphatic heterocycles. The predicted octanol–water partition coefficient (Wildman–Crippen LogP) is 4.12. The number of anilines is 1. The third-order valence-corrected chi connectivity index (χ3v) is 4.26. The lowest BCUT2D eigenvalue weighted by atomic mass is 10.1. The summed E-state index contributed by atoms with van der Waals surface area (Å²) in [6.07, 6.45) is 14.7. The Bertz CT molecular complexity index is 680. The number of benzene rings is 1. The molecular weight excluding hydrogens is 354 g/mol. The van der Waals surface area contributed by atoms with Gasteiger partial charge in [-0.3, -0.25) is 9.79 Å². The van der Waals surface area contributed by atoms with Crippen LogP contribution in [0.1, 0.15) is 18.9 Å². The summed E-state index contributed by atoms with van der Waals surface area (Å²) in [6, 6.07) is 8.32. The van der Waals surface area contributed by atoms with Crippen molar-refractivity contribution in [2.75, 3.05) is 44.4 Å². The minimum Gasteiger partial charge on any atom is -0.374 e. The van der Waals surface area contributed by atoms with Crippen LogP contribution < -0.4 is 4.90 Å². The largest absolute Gasteiger partial charge is 0.374 e. The fourth-order valence-electron chi connectivity index (χ4n) is 2.45. The molecule has 0 saturated carbocycles. The van der Waals surface area contributed by atoms with Gasteiger partial charge < -0.3 is 9.80 Å². The maximum Gasteiger partial charge on any atom is 0.232 e. The molecule has 0 saturated heterocycles. The molecule has 0 spiro atoms. The molecule has 4 nitrogen and oxygen atoms in total. The number of hydrogen-bond donors (Lipinski definition) is 1. The Kier molecular flexibility index (Phi) is 11.7. The van der Waals surface area contributed by atoms with E-state index in [4.69, 9.17) is 0 Å². The van der Waals surface area contributed by atoms with Gasteiger partial charge in [0.15, 0.2) is 0 Å². The van der Waals surface area contributed by atoms with Crippen LogP contribution in [0.2, 0.25) is 0 Å². The summed E-state index contributed by atoms with van der Waals surface area (Å²) in [5.41, 5.74) is 2.34. The van der Waals surface area contributed by atoms with Crippen LogP contribution in [0.3, 0.4) is 0 Å². The molecule has 0 aromatic heterocycles. The lowest BCUT2D eigenvalue weighted by Crippen LogP contribution is -2.31. The highest BCUT2D eigenvalue weighted by atomic mass is 32.1. The summed E-state index contributed by atoms with van der Waals surface area (Å²) >= 11 is 4.03. The van der Waals surface area contributed by atoms with E-state index in [1.54, 1.807) is 11.1 Å². The number of allylic oxidation sites excluding steroid dienone is 5. The van der Waals surface area contributed by atoms with Crippen LogP contribution in [0.25, 0.3) is 6.08 Å². The van der Waals surface area contributed by atoms with E-state index in [-0.39, 0.29) is 11.7 Å². The van der Waals surface area contributed by atoms with E-state index < -0.39 is 0 Å². The number of aliphatic imine (C=N–C) groups is 1. The monoisotopic (exact) mass is 385 g/mol. The number of nitrogens with zero attached hydrogens (tertiary/aromatic N) is 3. The number of para-hydroxylation sites is 1. The lowest BCUT2D eigenvalue weighted by Gasteiger charge is -2.23. The second-order valence-electron chi connectivity index (χ2n) is 6.08. The van der Waals surface area contributed by atoms with Crippen LogP contribution in [-0.4, -0.2) is 56.5 Å². The van der Waals surface area contributed by atoms with E-state index in [2.05, 4.69) is 47.8 Å². The van der Waals surface area contributed by atoms with Crippen molar-refractivity contribution in [3.8, 4) is 0 Å². The highest BCUT2D eigenvalue weighted by Gasteiger charge is 2.08. The first kappa shape index (κ1) is 22.8. The van der Waals surface area contributed by atoms with Crippen molar-refractivity contribution in [3.05, 3.63) is 60.2 Å². The third-order valence-electron chi connectivity index (χ3n) is 3.99. The topological polar surface area (TPSA) is 35.9 Å². The van der Waals surface area contributed by atoms with E-state index in [9.17, 15) is 4.79 Å². The standard InChI is InChI=1S/C22H31N3OS/c1-4-23-16-11-7-5-6-8-13-20-14-9-10-15-21(20)24(2)17-12-18-25(3)22(26)19-27/h5-11,13-16,27H,4,12,17-19H2,1-3H3/b6-5+,11-7-,13-8+,23-16?. The molecule has 0 atom stereocenters. The molecular formula is C22H31N3OS. The van der Waals surface area contributed by atoms with Crippen LogP contribution >= 0.6 is 12.6 Å². The van der Waals surface area contributed by atoms with Crippen LogP contribution in [0.15, 0.2) is 59.6 Å². The van der Waals surface area contributed by atoms with Crippen molar-refractivity contribution in [2.24, 2.45) is 4.99 Å². The molecule has 0 heterocycles. The minimum atomic E-state index is 0.0612. The number of rotatable bonds is 11. The molecule has 0 radical (unpaired) electrons. The smallest absolute Gasteiger partial charge is 0.232 e. The first-order chi connectivity index (χ1) is 13.1. The summed E-state index contributed by atoms with van der Waals surface area (Å²) in [7, 11) is 3.91. The zero-order chi connectivity index (χ0) is 19.9. The van der Waals surface area contributed by atoms with Gasteiger partial charge in [-0.15, -0.1) is 0 Å². The molecule has 0 bridgehead atoms. The first-order valence-corrected chi connectivity index (χ1v) is 9.88. The second kappa shape index (κ2) is 13.9. The normalized spacial score (nSPS) is 12.0. The van der Waals surface area contributed by atoms with Gasteiger partial charge >= 0.3 is 0 Å². The number of amides is 1. The number of carbonyl (C=O) groups is 1. The van der Waals surface area contributed by atoms with Crippen LogP contribution in [-0.2, 0) is 4.79 Å². The van der Waals surface area contributed by atoms with Crippen molar-refractivity contribution in [3.63, 3.8) is 0 Å². The Morgan fingerprint density at radius 2 is 1.78 bits per heavy atom. The van der Waals surface area contributed by atoms with Crippen molar-refractivity contribution in [2.45, 2.75) is 13.3 Å². The predicted molar refractivity (Wildman–Crippen MR) is 122 cm³/mol. The number of hydrogen-bond acceptors (Lipinski definition) is 4. The Balaban J connectivity index is 2.60. The fraction of sp³-hybridized carbons (Fsp3) is 0.364. The summed E-state index contributed by atoms with van der Waals surface area (Å²) < 4.78 is 0. The van der Waals surface area contributed by atoms with Gasteiger partial charge in [-0.1, -0.05) is 48.6 Å². The van der Waals surface area contributed by atoms with Gasteiger partial charge in [0.25, 0.3) is 0 Å². The van der Waals surface area contributed by atoms with E-state index >= 15 is 0 Å². The SMILES string of the molecule is CCN=C\C=C/C=C/C=C/c1ccccc1N(C)CCCN(C)C(=O)CS. The fourth-order valence-corrected chi connectivity index (χ4v) is 2.70. The first-order valence-electron chi connectivity index (χ1n) is 9.25. The number of thiol groups is 1. The average Bonchev–Trinajstić information content (AvgIpc) is 2.69. The Hall–Kier alpha value is -2.27. The molecule has 146 valence electrons. The van der Waals surface area contributed by atoms with Crippen LogP contribution in [0, 0.1) is 0 Å². The molecule has 0 aliphatic rings. The van der Waals surface area contributed by atoms with Crippen LogP contribution in [0.4, 0.5) is 5.69 Å². The van der Waals surface area contributed by atoms with E-state index in [0.29, 0.717) is 0 Å². The zero-order valence-corrected chi connectivity index (χ0v) is 17.5. The van der Waals surface area contributed by atoms with Crippen molar-refractivity contribution < 1.29 is 4.79 Å². The van der Waals surface area contributed by atoms with Gasteiger partial charge in [-0.2, -0.15) is 12.6 Å². The van der Waals surface area contributed by atoms with Gasteiger partial charge in [0.05, 0.1) is 5.75 Å². The number of carbonyl (C=O) groups excluding carboxylic acids is 1. The molecule has 0 N–H and O–H groups in total. The summed E-state index contributed by atoms with van der Waals surface area (Å²) in [6.45, 7) is 4.43. The molecule has 0 aliphatic carbocycles. The Morgan fingerprint density at radius 1 is 1.07 bits per heavy atom. The van der Waals surface area contributed by atoms with Crippen molar-refractivity contribution in [1.29, 1.82) is 0 Å². The maximum atomic E-state index is 11.6. The Morgan fingerprint density at radius 3 is 2.52 bits per heavy atom. The van der Waals surface area contributed by atoms with Crippen molar-refractivity contribution in [1.82, 2.24) is 4.90 Å². The van der Waals surface area contributed by atoms with Gasteiger partial charge in [0.1, 0.15) is 0 Å². The van der Waals surface area contributed by atoms with Gasteiger partial charge in [0.2, 0.25) is 5.91 Å². The lowest BCUT2D eigenvalue weighted by molar-refractivity contribution is -0.127. The molecule has 1 aromatic carbocycles. The van der Waals surface area contributed by atoms with E-state index in [1.807, 2.05) is 56.5 Å². The van der Waals surface area contributed by atoms with Crippen LogP contribution in [0.5, 0.6) is 0 Å². The molecule has 1 amide bonds. The molecule has 1 aromatic rings. The molecule has 0 fully saturated rings. The van der Waals surface area contributed by atoms with Crippen molar-refractivity contribution >= 4 is 36.5 Å². The second-order valence-corrected chi connectivity index (χ2v) is 6.40. The molecule has 1 rings (SSSR count). The van der Waals surface area contributed by atoms with Gasteiger partial charge in [0, 0.05) is 45.6 Å². The minimum absolute atomic E-state index is 0.0612. The quantitative estimate of drug-likeness (QED) is 0.353. The van der Waals surface area contributed by atoms with E-state index in [1.165, 1.54) is 11.3 Å². The summed E-state index contributed by atoms with van der Waals surface area (Å²) in [5.74, 6) is 0.319. The third kappa shape index (κ3) is 9.29. The summed E-state index contributed by atoms with van der Waals surface area (Å²) in [5, 5.41) is 0. The van der Waals surface area contributed by atoms with E-state index in [0.717, 1.165) is 26.1 Å². The zero-order valence-electron chi connectivity index (χ0n) is 16.6. The Labute approximate surface area is 169 Å². The molecule has 27 heavy (non-hydrogen) atoms. The van der Waals surface area contributed by atoms with Gasteiger partial charge in [-0.05, 0) is 31.1 Å².